The summed E-state index contributed by atoms with van der Waals surface area (Å²) in [7, 11) is 0. The molecular weight excluding hydrogens is 606 g/mol. The van der Waals surface area contributed by atoms with Gasteiger partial charge in [-0.2, -0.15) is 0 Å². The summed E-state index contributed by atoms with van der Waals surface area (Å²) in [6, 6.07) is 15.4. The van der Waals surface area contributed by atoms with Crippen molar-refractivity contribution >= 4 is 63.3 Å². The number of imide groups is 2. The average molecular weight is 636 g/mol. The van der Waals surface area contributed by atoms with Crippen molar-refractivity contribution in [2.75, 3.05) is 4.90 Å². The summed E-state index contributed by atoms with van der Waals surface area (Å²) in [4.78, 5) is 54.6. The van der Waals surface area contributed by atoms with Gasteiger partial charge in [-0.15, -0.1) is 23.2 Å². The van der Waals surface area contributed by atoms with Gasteiger partial charge >= 0.3 is 0 Å². The van der Waals surface area contributed by atoms with Crippen LogP contribution in [-0.2, 0) is 19.2 Å². The maximum absolute atomic E-state index is 14.6. The highest BCUT2D eigenvalue weighted by molar-refractivity contribution is 6.58. The number of allylic oxidation sites excluding steroid dienone is 2. The van der Waals surface area contributed by atoms with Crippen molar-refractivity contribution in [2.24, 2.45) is 17.8 Å². The smallest absolute Gasteiger partial charge is 0.258 e. The van der Waals surface area contributed by atoms with Gasteiger partial charge in [0.05, 0.1) is 17.5 Å². The Hall–Kier alpha value is -3.75. The molecule has 44 heavy (non-hydrogen) atoms. The number of hydrogen-bond donors (Lipinski definition) is 1. The first-order valence-corrected chi connectivity index (χ1v) is 15.3. The second-order valence-electron chi connectivity index (χ2n) is 13.2. The highest BCUT2D eigenvalue weighted by Crippen LogP contribution is 2.67. The highest BCUT2D eigenvalue weighted by atomic mass is 35.5. The first kappa shape index (κ1) is 29.0. The van der Waals surface area contributed by atoms with E-state index >= 15 is 0 Å². The number of halogens is 3. The first-order chi connectivity index (χ1) is 20.7. The van der Waals surface area contributed by atoms with Gasteiger partial charge in [-0.3, -0.25) is 24.1 Å². The molecule has 0 spiro atoms. The minimum absolute atomic E-state index is 0.0950. The minimum Gasteiger partial charge on any atom is -0.508 e. The molecule has 7 nitrogen and oxygen atoms in total. The lowest BCUT2D eigenvalue weighted by Gasteiger charge is -2.51. The number of likely N-dealkylation sites (tertiary alicyclic amines) is 1. The van der Waals surface area contributed by atoms with Gasteiger partial charge in [-0.25, -0.2) is 9.29 Å². The molecule has 0 unspecified atom stereocenters. The molecule has 3 fully saturated rings. The number of hydrogen-bond acceptors (Lipinski definition) is 5. The Morgan fingerprint density at radius 1 is 0.886 bits per heavy atom. The van der Waals surface area contributed by atoms with Gasteiger partial charge in [0, 0.05) is 17.0 Å². The van der Waals surface area contributed by atoms with Crippen LogP contribution in [0.15, 0.2) is 72.3 Å². The second-order valence-corrected chi connectivity index (χ2v) is 14.4. The largest absolute Gasteiger partial charge is 0.508 e. The summed E-state index contributed by atoms with van der Waals surface area (Å²) in [5.41, 5.74) is 0.214. The van der Waals surface area contributed by atoms with Crippen molar-refractivity contribution < 1.29 is 28.7 Å². The first-order valence-electron chi connectivity index (χ1n) is 14.5. The molecule has 4 amide bonds. The SMILES string of the molecule is CC(C)(C)N1C(=O)[C@H]2[C@H](CC=C3[C@H]2C[C@@]2(Cl)C(=O)N(c4ccc(F)cc4)C(=O)[C@@]2(Cl)[C@H]3c2c(O)ccc3ccccc23)C1=O. The highest BCUT2D eigenvalue weighted by Gasteiger charge is 2.77. The molecule has 2 aliphatic carbocycles. The lowest BCUT2D eigenvalue weighted by molar-refractivity contribution is -0.145. The number of alkyl halides is 2. The predicted octanol–water partition coefficient (Wildman–Crippen LogP) is 6.05. The van der Waals surface area contributed by atoms with E-state index in [1.807, 2.05) is 18.2 Å². The van der Waals surface area contributed by atoms with Crippen LogP contribution in [0.1, 0.15) is 45.1 Å². The van der Waals surface area contributed by atoms with Crippen LogP contribution in [0.3, 0.4) is 0 Å². The van der Waals surface area contributed by atoms with E-state index in [9.17, 15) is 28.7 Å². The van der Waals surface area contributed by atoms with Crippen LogP contribution >= 0.6 is 23.2 Å². The van der Waals surface area contributed by atoms with E-state index in [0.29, 0.717) is 16.5 Å². The van der Waals surface area contributed by atoms with Crippen molar-refractivity contribution in [2.45, 2.75) is 54.8 Å². The zero-order chi connectivity index (χ0) is 31.5. The fourth-order valence-electron chi connectivity index (χ4n) is 7.96. The number of phenolic OH excluding ortho intramolecular Hbond substituents is 1. The number of fused-ring (bicyclic) bond motifs is 5. The molecule has 3 aromatic rings. The van der Waals surface area contributed by atoms with E-state index in [-0.39, 0.29) is 36.1 Å². The molecule has 4 aliphatic rings. The molecule has 2 saturated heterocycles. The molecule has 1 saturated carbocycles. The third-order valence-corrected chi connectivity index (χ3v) is 11.2. The topological polar surface area (TPSA) is 95.0 Å². The van der Waals surface area contributed by atoms with Crippen LogP contribution in [0.2, 0.25) is 0 Å². The quantitative estimate of drug-likeness (QED) is 0.210. The monoisotopic (exact) mass is 634 g/mol. The third-order valence-electron chi connectivity index (χ3n) is 9.80. The second kappa shape index (κ2) is 9.38. The normalized spacial score (nSPS) is 31.7. The van der Waals surface area contributed by atoms with Crippen molar-refractivity contribution in [1.82, 2.24) is 4.90 Å². The number of benzene rings is 3. The Morgan fingerprint density at radius 3 is 2.25 bits per heavy atom. The summed E-state index contributed by atoms with van der Waals surface area (Å²) < 4.78 is 13.9. The fraction of sp³-hybridized carbons (Fsp3) is 0.353. The summed E-state index contributed by atoms with van der Waals surface area (Å²) in [6.07, 6.45) is 1.88. The maximum Gasteiger partial charge on any atom is 0.258 e. The average Bonchev–Trinajstić information content (AvgIpc) is 3.32. The molecule has 10 heteroatoms. The number of nitrogens with zero attached hydrogens (tertiary/aromatic N) is 2. The Balaban J connectivity index is 1.49. The standard InChI is InChI=1S/C34H29Cl2FN2O5/c1-32(2,3)39-28(41)22-14-13-21-23(25(22)29(39)42)16-33(35)30(43)38(19-11-9-18(37)10-12-19)31(44)34(33,36)27(21)26-20-7-5-4-6-17(20)8-15-24(26)40/h4-13,15,22-23,25,27,40H,14,16H2,1-3H3/t22-,23+,25-,27+,33+,34-/m0/s1. The van der Waals surface area contributed by atoms with Gasteiger partial charge in [0.15, 0.2) is 9.75 Å². The van der Waals surface area contributed by atoms with Crippen molar-refractivity contribution in [3.05, 3.63) is 83.7 Å². The molecule has 226 valence electrons. The van der Waals surface area contributed by atoms with E-state index in [1.54, 1.807) is 39.0 Å². The van der Waals surface area contributed by atoms with Crippen LogP contribution in [0.5, 0.6) is 5.75 Å². The number of anilines is 1. The van der Waals surface area contributed by atoms with Gasteiger partial charge in [-0.05, 0) is 80.6 Å². The molecule has 2 heterocycles. The summed E-state index contributed by atoms with van der Waals surface area (Å²) in [5.74, 6) is -6.34. The van der Waals surface area contributed by atoms with E-state index in [1.165, 1.54) is 23.1 Å². The molecule has 0 radical (unpaired) electrons. The maximum atomic E-state index is 14.6. The lowest BCUT2D eigenvalue weighted by atomic mass is 9.56. The molecule has 7 rings (SSSR count). The van der Waals surface area contributed by atoms with E-state index < -0.39 is 56.6 Å². The van der Waals surface area contributed by atoms with Crippen LogP contribution in [-0.4, -0.2) is 48.9 Å². The Morgan fingerprint density at radius 2 is 1.57 bits per heavy atom. The Bertz CT molecular complexity index is 1840. The molecular formula is C34H29Cl2FN2O5. The lowest BCUT2D eigenvalue weighted by Crippen LogP contribution is -2.60. The van der Waals surface area contributed by atoms with Gasteiger partial charge < -0.3 is 5.11 Å². The number of rotatable bonds is 2. The van der Waals surface area contributed by atoms with Gasteiger partial charge in [-0.1, -0.05) is 42.0 Å². The third kappa shape index (κ3) is 3.61. The number of carbonyl (C=O) groups is 4. The van der Waals surface area contributed by atoms with Crippen LogP contribution in [0.4, 0.5) is 10.1 Å². The summed E-state index contributed by atoms with van der Waals surface area (Å²) in [5, 5.41) is 12.8. The molecule has 3 aromatic carbocycles. The van der Waals surface area contributed by atoms with Crippen LogP contribution in [0.25, 0.3) is 10.8 Å². The number of carbonyl (C=O) groups excluding carboxylic acids is 4. The Kier molecular flexibility index (Phi) is 6.18. The molecule has 2 aliphatic heterocycles. The zero-order valence-electron chi connectivity index (χ0n) is 24.2. The molecule has 6 atom stereocenters. The number of aromatic hydroxyl groups is 1. The van der Waals surface area contributed by atoms with Gasteiger partial charge in [0.2, 0.25) is 11.8 Å². The van der Waals surface area contributed by atoms with Crippen molar-refractivity contribution in [3.63, 3.8) is 0 Å². The van der Waals surface area contributed by atoms with E-state index in [0.717, 1.165) is 22.4 Å². The van der Waals surface area contributed by atoms with E-state index in [2.05, 4.69) is 0 Å². The predicted molar refractivity (Wildman–Crippen MR) is 164 cm³/mol. The zero-order valence-corrected chi connectivity index (χ0v) is 25.7. The van der Waals surface area contributed by atoms with E-state index in [4.69, 9.17) is 23.2 Å². The molecule has 0 bridgehead atoms. The van der Waals surface area contributed by atoms with Crippen molar-refractivity contribution in [3.8, 4) is 5.75 Å². The van der Waals surface area contributed by atoms with Crippen LogP contribution in [0, 0.1) is 23.6 Å². The number of phenols is 1. The van der Waals surface area contributed by atoms with Gasteiger partial charge in [0.1, 0.15) is 11.6 Å². The minimum atomic E-state index is -2.13. The molecule has 1 N–H and O–H groups in total. The summed E-state index contributed by atoms with van der Waals surface area (Å²) >= 11 is 14.9. The molecule has 0 aromatic heterocycles. The van der Waals surface area contributed by atoms with Gasteiger partial charge in [0.25, 0.3) is 11.8 Å². The van der Waals surface area contributed by atoms with Crippen LogP contribution < -0.4 is 4.90 Å². The van der Waals surface area contributed by atoms with Crippen molar-refractivity contribution in [1.29, 1.82) is 0 Å². The number of amides is 4. The fourth-order valence-corrected chi connectivity index (χ4v) is 8.88. The summed E-state index contributed by atoms with van der Waals surface area (Å²) in [6.45, 7) is 5.37. The Labute approximate surface area is 263 Å².